The molecule has 1 heterocycles. The van der Waals surface area contributed by atoms with Crippen molar-refractivity contribution < 1.29 is 9.47 Å². The van der Waals surface area contributed by atoms with Crippen LogP contribution < -0.4 is 9.64 Å². The molecular weight excluding hydrogens is 242 g/mol. The van der Waals surface area contributed by atoms with E-state index in [2.05, 4.69) is 9.97 Å². The molecule has 1 aromatic rings. The van der Waals surface area contributed by atoms with Gasteiger partial charge in [-0.25, -0.2) is 4.98 Å². The van der Waals surface area contributed by atoms with E-state index in [1.54, 1.807) is 20.3 Å². The van der Waals surface area contributed by atoms with Gasteiger partial charge in [-0.2, -0.15) is 4.98 Å². The van der Waals surface area contributed by atoms with Gasteiger partial charge in [0.15, 0.2) is 0 Å². The number of hydrogen-bond acceptors (Lipinski definition) is 5. The van der Waals surface area contributed by atoms with Crippen molar-refractivity contribution >= 4 is 17.5 Å². The van der Waals surface area contributed by atoms with Gasteiger partial charge in [-0.15, -0.1) is 11.6 Å². The zero-order valence-corrected chi connectivity index (χ0v) is 11.4. The fourth-order valence-corrected chi connectivity index (χ4v) is 1.75. The normalized spacial score (nSPS) is 12.3. The van der Waals surface area contributed by atoms with E-state index in [-0.39, 0.29) is 5.38 Å². The molecule has 0 fully saturated rings. The summed E-state index contributed by atoms with van der Waals surface area (Å²) < 4.78 is 10.1. The number of alkyl halides is 1. The summed E-state index contributed by atoms with van der Waals surface area (Å²) in [6.07, 6.45) is 0. The summed E-state index contributed by atoms with van der Waals surface area (Å²) in [6.45, 7) is 3.01. The zero-order chi connectivity index (χ0) is 12.8. The van der Waals surface area contributed by atoms with Crippen LogP contribution in [0.2, 0.25) is 0 Å². The molecule has 0 radical (unpaired) electrons. The quantitative estimate of drug-likeness (QED) is 0.725. The smallest absolute Gasteiger partial charge is 0.228 e. The first-order valence-electron chi connectivity index (χ1n) is 5.30. The van der Waals surface area contributed by atoms with E-state index in [1.165, 1.54) is 0 Å². The molecule has 6 heteroatoms. The third kappa shape index (κ3) is 4.36. The second-order valence-corrected chi connectivity index (χ2v) is 4.40. The minimum Gasteiger partial charge on any atom is -0.481 e. The number of aryl methyl sites for hydroxylation is 1. The van der Waals surface area contributed by atoms with E-state index >= 15 is 0 Å². The third-order valence-electron chi connectivity index (χ3n) is 2.19. The van der Waals surface area contributed by atoms with Crippen molar-refractivity contribution in [3.63, 3.8) is 0 Å². The molecule has 1 atom stereocenters. The van der Waals surface area contributed by atoms with E-state index in [1.807, 2.05) is 18.9 Å². The zero-order valence-electron chi connectivity index (χ0n) is 10.6. The predicted octanol–water partition coefficient (Wildman–Crippen LogP) is 1.48. The van der Waals surface area contributed by atoms with E-state index in [0.717, 1.165) is 5.69 Å². The molecule has 0 spiro atoms. The topological polar surface area (TPSA) is 47.5 Å². The lowest BCUT2D eigenvalue weighted by Crippen LogP contribution is -2.30. The second-order valence-electron chi connectivity index (χ2n) is 3.78. The third-order valence-corrected chi connectivity index (χ3v) is 2.45. The molecule has 0 amide bonds. The van der Waals surface area contributed by atoms with E-state index in [4.69, 9.17) is 21.1 Å². The van der Waals surface area contributed by atoms with Crippen LogP contribution in [0, 0.1) is 6.92 Å². The Bertz CT molecular complexity index is 363. The Kier molecular flexibility index (Phi) is 5.44. The largest absolute Gasteiger partial charge is 0.481 e. The van der Waals surface area contributed by atoms with Crippen molar-refractivity contribution in [1.82, 2.24) is 9.97 Å². The van der Waals surface area contributed by atoms with Crippen LogP contribution in [0.15, 0.2) is 6.07 Å². The summed E-state index contributed by atoms with van der Waals surface area (Å²) >= 11 is 6.09. The molecule has 1 rings (SSSR count). The number of hydrogen-bond donors (Lipinski definition) is 0. The Morgan fingerprint density at radius 2 is 2.12 bits per heavy atom. The summed E-state index contributed by atoms with van der Waals surface area (Å²) in [5, 5.41) is -0.0971. The number of rotatable bonds is 6. The molecule has 17 heavy (non-hydrogen) atoms. The Hall–Kier alpha value is -1.07. The van der Waals surface area contributed by atoms with Gasteiger partial charge in [-0.05, 0) is 6.92 Å². The first kappa shape index (κ1) is 14.0. The van der Waals surface area contributed by atoms with Gasteiger partial charge in [0.2, 0.25) is 11.8 Å². The van der Waals surface area contributed by atoms with Gasteiger partial charge >= 0.3 is 0 Å². The summed E-state index contributed by atoms with van der Waals surface area (Å²) in [4.78, 5) is 10.5. The van der Waals surface area contributed by atoms with Crippen molar-refractivity contribution in [3.05, 3.63) is 11.8 Å². The molecule has 0 saturated heterocycles. The van der Waals surface area contributed by atoms with Crippen molar-refractivity contribution in [3.8, 4) is 5.88 Å². The number of anilines is 1. The first-order chi connectivity index (χ1) is 8.06. The highest BCUT2D eigenvalue weighted by Crippen LogP contribution is 2.14. The highest BCUT2D eigenvalue weighted by molar-refractivity contribution is 6.21. The molecule has 1 unspecified atom stereocenters. The van der Waals surface area contributed by atoms with Crippen LogP contribution >= 0.6 is 11.6 Å². The lowest BCUT2D eigenvalue weighted by Gasteiger charge is -2.20. The monoisotopic (exact) mass is 259 g/mol. The molecular formula is C11H18ClN3O2. The number of halogens is 1. The van der Waals surface area contributed by atoms with Crippen LogP contribution in [0.1, 0.15) is 5.69 Å². The maximum atomic E-state index is 6.09. The van der Waals surface area contributed by atoms with E-state index < -0.39 is 0 Å². The minimum atomic E-state index is -0.0971. The van der Waals surface area contributed by atoms with Crippen LogP contribution in [0.25, 0.3) is 0 Å². The molecule has 5 nitrogen and oxygen atoms in total. The highest BCUT2D eigenvalue weighted by atomic mass is 35.5. The second kappa shape index (κ2) is 6.61. The summed E-state index contributed by atoms with van der Waals surface area (Å²) in [5.41, 5.74) is 0.858. The fourth-order valence-electron chi connectivity index (χ4n) is 1.41. The SMILES string of the molecule is COCC(Cl)CN(C)c1nc(C)cc(OC)n1. The maximum Gasteiger partial charge on any atom is 0.228 e. The van der Waals surface area contributed by atoms with Crippen molar-refractivity contribution in [2.24, 2.45) is 0 Å². The minimum absolute atomic E-state index is 0.0971. The molecule has 0 aromatic carbocycles. The number of ether oxygens (including phenoxy) is 2. The highest BCUT2D eigenvalue weighted by Gasteiger charge is 2.12. The molecule has 0 saturated carbocycles. The number of methoxy groups -OCH3 is 2. The lowest BCUT2D eigenvalue weighted by molar-refractivity contribution is 0.199. The van der Waals surface area contributed by atoms with Crippen LogP contribution in [-0.4, -0.2) is 49.8 Å². The summed E-state index contributed by atoms with van der Waals surface area (Å²) in [6, 6.07) is 1.78. The number of aromatic nitrogens is 2. The van der Waals surface area contributed by atoms with Gasteiger partial charge in [0.25, 0.3) is 0 Å². The Morgan fingerprint density at radius 1 is 1.41 bits per heavy atom. The van der Waals surface area contributed by atoms with Crippen molar-refractivity contribution in [2.45, 2.75) is 12.3 Å². The van der Waals surface area contributed by atoms with Gasteiger partial charge in [0, 0.05) is 32.5 Å². The van der Waals surface area contributed by atoms with Gasteiger partial charge in [0.05, 0.1) is 19.1 Å². The van der Waals surface area contributed by atoms with Crippen LogP contribution in [0.5, 0.6) is 5.88 Å². The Morgan fingerprint density at radius 3 is 2.71 bits per heavy atom. The fraction of sp³-hybridized carbons (Fsp3) is 0.636. The summed E-state index contributed by atoms with van der Waals surface area (Å²) in [5.74, 6) is 1.15. The Balaban J connectivity index is 2.74. The average Bonchev–Trinajstić information content (AvgIpc) is 2.28. The first-order valence-corrected chi connectivity index (χ1v) is 5.74. The Labute approximate surface area is 107 Å². The number of nitrogens with zero attached hydrogens (tertiary/aromatic N) is 3. The molecule has 0 bridgehead atoms. The van der Waals surface area contributed by atoms with Gasteiger partial charge < -0.3 is 14.4 Å². The summed E-state index contributed by atoms with van der Waals surface area (Å²) in [7, 11) is 5.10. The molecule has 0 aliphatic heterocycles. The van der Waals surface area contributed by atoms with Gasteiger partial charge in [-0.1, -0.05) is 0 Å². The standard InChI is InChI=1S/C11H18ClN3O2/c1-8-5-10(17-4)14-11(13-8)15(2)6-9(12)7-16-3/h5,9H,6-7H2,1-4H3. The predicted molar refractivity (Wildman–Crippen MR) is 68.1 cm³/mol. The maximum absolute atomic E-state index is 6.09. The van der Waals surface area contributed by atoms with Crippen LogP contribution in [0.3, 0.4) is 0 Å². The lowest BCUT2D eigenvalue weighted by atomic mass is 10.4. The van der Waals surface area contributed by atoms with Crippen molar-refractivity contribution in [2.75, 3.05) is 39.3 Å². The van der Waals surface area contributed by atoms with Crippen LogP contribution in [-0.2, 0) is 4.74 Å². The van der Waals surface area contributed by atoms with Crippen molar-refractivity contribution in [1.29, 1.82) is 0 Å². The van der Waals surface area contributed by atoms with E-state index in [0.29, 0.717) is 25.0 Å². The van der Waals surface area contributed by atoms with Gasteiger partial charge in [0.1, 0.15) is 0 Å². The average molecular weight is 260 g/mol. The van der Waals surface area contributed by atoms with E-state index in [9.17, 15) is 0 Å². The molecule has 0 aliphatic carbocycles. The molecule has 1 aromatic heterocycles. The molecule has 0 aliphatic rings. The molecule has 0 N–H and O–H groups in total. The van der Waals surface area contributed by atoms with Gasteiger partial charge in [-0.3, -0.25) is 0 Å². The molecule has 96 valence electrons. The van der Waals surface area contributed by atoms with Crippen LogP contribution in [0.4, 0.5) is 5.95 Å².